The van der Waals surface area contributed by atoms with E-state index in [1.54, 1.807) is 0 Å². The molecule has 1 aromatic heterocycles. The van der Waals surface area contributed by atoms with Gasteiger partial charge in [-0.25, -0.2) is 14.2 Å². The predicted octanol–water partition coefficient (Wildman–Crippen LogP) is 2.30. The lowest BCUT2D eigenvalue weighted by atomic mass is 9.92. The molecule has 0 saturated carbocycles. The highest BCUT2D eigenvalue weighted by molar-refractivity contribution is 7.15. The molecular weight excluding hydrogens is 359 g/mol. The van der Waals surface area contributed by atoms with Gasteiger partial charge in [-0.1, -0.05) is 12.1 Å². The second-order valence-corrected chi connectivity index (χ2v) is 7.37. The Hall–Kier alpha value is -2.81. The maximum Gasteiger partial charge on any atom is 0.325 e. The summed E-state index contributed by atoms with van der Waals surface area (Å²) in [6.07, 6.45) is 0. The molecule has 9 heteroatoms. The number of aromatic nitrogens is 1. The van der Waals surface area contributed by atoms with Gasteiger partial charge in [-0.3, -0.25) is 14.5 Å². The quantitative estimate of drug-likeness (QED) is 0.801. The maximum absolute atomic E-state index is 13.1. The zero-order chi connectivity index (χ0) is 19.1. The van der Waals surface area contributed by atoms with Crippen molar-refractivity contribution < 1.29 is 18.8 Å². The van der Waals surface area contributed by atoms with Crippen molar-refractivity contribution in [3.63, 3.8) is 0 Å². The number of nitrogens with one attached hydrogen (secondary N) is 2. The van der Waals surface area contributed by atoms with Crippen molar-refractivity contribution in [2.75, 3.05) is 11.9 Å². The predicted molar refractivity (Wildman–Crippen MR) is 94.2 cm³/mol. The normalized spacial score (nSPS) is 19.6. The van der Waals surface area contributed by atoms with E-state index in [0.29, 0.717) is 10.7 Å². The molecule has 0 spiro atoms. The molecule has 26 heavy (non-hydrogen) atoms. The Morgan fingerprint density at radius 3 is 2.54 bits per heavy atom. The van der Waals surface area contributed by atoms with Gasteiger partial charge in [-0.05, 0) is 38.5 Å². The fourth-order valence-corrected chi connectivity index (χ4v) is 3.48. The van der Waals surface area contributed by atoms with Crippen LogP contribution in [0.3, 0.4) is 0 Å². The number of thiazole rings is 1. The molecule has 1 atom stereocenters. The van der Waals surface area contributed by atoms with Crippen molar-refractivity contribution >= 4 is 34.3 Å². The molecule has 136 valence electrons. The molecule has 1 aliphatic heterocycles. The van der Waals surface area contributed by atoms with Gasteiger partial charge < -0.3 is 10.6 Å². The first-order chi connectivity index (χ1) is 12.2. The summed E-state index contributed by atoms with van der Waals surface area (Å²) in [6.45, 7) is 4.80. The van der Waals surface area contributed by atoms with Crippen LogP contribution >= 0.6 is 11.3 Å². The number of hydrogen-bond donors (Lipinski definition) is 2. The SMILES string of the molecule is Cc1nc(NC(=O)CN2C(=O)N[C@@](C)(c3ccc(F)cc3)C2=O)sc1C. The van der Waals surface area contributed by atoms with Crippen molar-refractivity contribution in [3.05, 3.63) is 46.2 Å². The van der Waals surface area contributed by atoms with E-state index < -0.39 is 35.7 Å². The third kappa shape index (κ3) is 3.17. The third-order valence-electron chi connectivity index (χ3n) is 4.27. The Morgan fingerprint density at radius 1 is 1.31 bits per heavy atom. The van der Waals surface area contributed by atoms with Crippen molar-refractivity contribution in [1.82, 2.24) is 15.2 Å². The van der Waals surface area contributed by atoms with Crippen molar-refractivity contribution in [3.8, 4) is 0 Å². The molecule has 2 heterocycles. The van der Waals surface area contributed by atoms with Gasteiger partial charge in [0.1, 0.15) is 17.9 Å². The van der Waals surface area contributed by atoms with Crippen molar-refractivity contribution in [1.29, 1.82) is 0 Å². The highest BCUT2D eigenvalue weighted by atomic mass is 32.1. The molecule has 1 fully saturated rings. The van der Waals surface area contributed by atoms with Crippen LogP contribution in [0.25, 0.3) is 0 Å². The van der Waals surface area contributed by atoms with Crippen molar-refractivity contribution in [2.24, 2.45) is 0 Å². The zero-order valence-corrected chi connectivity index (χ0v) is 15.2. The Bertz CT molecular complexity index is 876. The van der Waals surface area contributed by atoms with E-state index in [4.69, 9.17) is 0 Å². The van der Waals surface area contributed by atoms with Crippen LogP contribution in [0.5, 0.6) is 0 Å². The smallest absolute Gasteiger partial charge is 0.319 e. The summed E-state index contributed by atoms with van der Waals surface area (Å²) in [6, 6.07) is 4.60. The summed E-state index contributed by atoms with van der Waals surface area (Å²) in [7, 11) is 0. The van der Waals surface area contributed by atoms with Gasteiger partial charge in [0.25, 0.3) is 5.91 Å². The topological polar surface area (TPSA) is 91.4 Å². The van der Waals surface area contributed by atoms with Crippen LogP contribution in [-0.2, 0) is 15.1 Å². The van der Waals surface area contributed by atoms with Crippen LogP contribution in [0.1, 0.15) is 23.1 Å². The molecule has 0 unspecified atom stereocenters. The summed E-state index contributed by atoms with van der Waals surface area (Å²) in [5.74, 6) is -1.54. The monoisotopic (exact) mass is 376 g/mol. The number of imide groups is 1. The van der Waals surface area contributed by atoms with Crippen LogP contribution in [-0.4, -0.2) is 34.3 Å². The maximum atomic E-state index is 13.1. The second-order valence-electron chi connectivity index (χ2n) is 6.16. The van der Waals surface area contributed by atoms with Crippen molar-refractivity contribution in [2.45, 2.75) is 26.3 Å². The average molecular weight is 376 g/mol. The van der Waals surface area contributed by atoms with Crippen LogP contribution in [0.15, 0.2) is 24.3 Å². The molecule has 2 N–H and O–H groups in total. The number of rotatable bonds is 4. The fraction of sp³-hybridized carbons (Fsp3) is 0.294. The third-order valence-corrected chi connectivity index (χ3v) is 5.26. The highest BCUT2D eigenvalue weighted by Crippen LogP contribution is 2.29. The summed E-state index contributed by atoms with van der Waals surface area (Å²) < 4.78 is 13.1. The van der Waals surface area contributed by atoms with E-state index in [2.05, 4.69) is 15.6 Å². The summed E-state index contributed by atoms with van der Waals surface area (Å²) in [5.41, 5.74) is -0.102. The summed E-state index contributed by atoms with van der Waals surface area (Å²) in [4.78, 5) is 43.1. The zero-order valence-electron chi connectivity index (χ0n) is 14.4. The number of anilines is 1. The van der Waals surface area contributed by atoms with E-state index in [1.807, 2.05) is 13.8 Å². The lowest BCUT2D eigenvalue weighted by Crippen LogP contribution is -2.42. The van der Waals surface area contributed by atoms with Crippen LogP contribution in [0.4, 0.5) is 14.3 Å². The van der Waals surface area contributed by atoms with Gasteiger partial charge in [-0.2, -0.15) is 0 Å². The number of carbonyl (C=O) groups excluding carboxylic acids is 3. The Balaban J connectivity index is 1.74. The van der Waals surface area contributed by atoms with Crippen LogP contribution < -0.4 is 10.6 Å². The van der Waals surface area contributed by atoms with Gasteiger partial charge in [0.15, 0.2) is 5.13 Å². The number of halogens is 1. The minimum absolute atomic E-state index is 0.415. The molecule has 1 saturated heterocycles. The number of nitrogens with zero attached hydrogens (tertiary/aromatic N) is 2. The van der Waals surface area contributed by atoms with Gasteiger partial charge >= 0.3 is 6.03 Å². The summed E-state index contributed by atoms with van der Waals surface area (Å²) >= 11 is 1.32. The largest absolute Gasteiger partial charge is 0.325 e. The van der Waals surface area contributed by atoms with E-state index >= 15 is 0 Å². The molecule has 1 aromatic carbocycles. The molecule has 0 bridgehead atoms. The molecule has 3 rings (SSSR count). The number of hydrogen-bond acceptors (Lipinski definition) is 5. The average Bonchev–Trinajstić information content (AvgIpc) is 2.99. The van der Waals surface area contributed by atoms with Gasteiger partial charge in [0, 0.05) is 4.88 Å². The van der Waals surface area contributed by atoms with E-state index in [0.717, 1.165) is 15.5 Å². The number of urea groups is 1. The Labute approximate surface area is 153 Å². The number of aryl methyl sites for hydroxylation is 2. The number of benzene rings is 1. The number of carbonyl (C=O) groups is 3. The first-order valence-corrected chi connectivity index (χ1v) is 8.66. The molecule has 2 aromatic rings. The minimum atomic E-state index is -1.35. The lowest BCUT2D eigenvalue weighted by molar-refractivity contribution is -0.133. The highest BCUT2D eigenvalue weighted by Gasteiger charge is 2.49. The molecule has 4 amide bonds. The van der Waals surface area contributed by atoms with Gasteiger partial charge in [0.2, 0.25) is 5.91 Å². The minimum Gasteiger partial charge on any atom is -0.319 e. The lowest BCUT2D eigenvalue weighted by Gasteiger charge is -2.22. The molecule has 1 aliphatic rings. The fourth-order valence-electron chi connectivity index (χ4n) is 2.65. The Kier molecular flexibility index (Phi) is 4.49. The Morgan fingerprint density at radius 2 is 1.96 bits per heavy atom. The van der Waals surface area contributed by atoms with E-state index in [9.17, 15) is 18.8 Å². The molecular formula is C17H17FN4O3S. The van der Waals surface area contributed by atoms with Gasteiger partial charge in [0.05, 0.1) is 5.69 Å². The van der Waals surface area contributed by atoms with Gasteiger partial charge in [-0.15, -0.1) is 11.3 Å². The molecule has 7 nitrogen and oxygen atoms in total. The second kappa shape index (κ2) is 6.49. The van der Waals surface area contributed by atoms with E-state index in [1.165, 1.54) is 42.5 Å². The number of amides is 4. The summed E-state index contributed by atoms with van der Waals surface area (Å²) in [5, 5.41) is 5.58. The first kappa shape index (κ1) is 18.0. The molecule has 0 radical (unpaired) electrons. The first-order valence-electron chi connectivity index (χ1n) is 7.85. The molecule has 0 aliphatic carbocycles. The van der Waals surface area contributed by atoms with Crippen LogP contribution in [0.2, 0.25) is 0 Å². The van der Waals surface area contributed by atoms with Crippen LogP contribution in [0, 0.1) is 19.7 Å². The van der Waals surface area contributed by atoms with E-state index in [-0.39, 0.29) is 0 Å². The standard InChI is InChI=1S/C17H17FN4O3S/c1-9-10(2)26-15(19-9)20-13(23)8-22-14(24)17(3,21-16(22)25)11-4-6-12(18)7-5-11/h4-7H,8H2,1-3H3,(H,21,25)(H,19,20,23)/t17-/m0/s1.